The van der Waals surface area contributed by atoms with Gasteiger partial charge in [0.05, 0.1) is 4.92 Å². The van der Waals surface area contributed by atoms with Crippen LogP contribution < -0.4 is 5.32 Å². The number of nitrogens with zero attached hydrogens (tertiary/aromatic N) is 4. The van der Waals surface area contributed by atoms with Gasteiger partial charge in [-0.1, -0.05) is 0 Å². The maximum absolute atomic E-state index is 12.5. The summed E-state index contributed by atoms with van der Waals surface area (Å²) in [5, 5.41) is 13.5. The van der Waals surface area contributed by atoms with Gasteiger partial charge in [0, 0.05) is 63.5 Å². The van der Waals surface area contributed by atoms with Gasteiger partial charge in [-0.05, 0) is 37.9 Å². The van der Waals surface area contributed by atoms with Crippen LogP contribution in [0.15, 0.2) is 24.3 Å². The van der Waals surface area contributed by atoms with Crippen molar-refractivity contribution in [3.8, 4) is 0 Å². The van der Waals surface area contributed by atoms with Gasteiger partial charge < -0.3 is 20.0 Å². The van der Waals surface area contributed by atoms with E-state index < -0.39 is 4.92 Å². The molecule has 3 amide bonds. The summed E-state index contributed by atoms with van der Waals surface area (Å²) < 4.78 is 0. The molecule has 0 saturated carbocycles. The molecule has 0 spiro atoms. The molecule has 1 aromatic rings. The van der Waals surface area contributed by atoms with Gasteiger partial charge in [-0.3, -0.25) is 14.9 Å². The maximum Gasteiger partial charge on any atom is 0.321 e. The van der Waals surface area contributed by atoms with Gasteiger partial charge in [-0.25, -0.2) is 4.79 Å². The van der Waals surface area contributed by atoms with E-state index in [4.69, 9.17) is 0 Å². The number of hydrogen-bond donors (Lipinski definition) is 1. The van der Waals surface area contributed by atoms with Gasteiger partial charge in [0.15, 0.2) is 0 Å². The first-order valence-electron chi connectivity index (χ1n) is 9.69. The number of nitro benzene ring substituents is 1. The van der Waals surface area contributed by atoms with Crippen molar-refractivity contribution < 1.29 is 14.5 Å². The quantitative estimate of drug-likeness (QED) is 0.627. The minimum atomic E-state index is -0.472. The van der Waals surface area contributed by atoms with Crippen molar-refractivity contribution in [2.45, 2.75) is 19.3 Å². The zero-order valence-corrected chi connectivity index (χ0v) is 16.2. The third kappa shape index (κ3) is 5.19. The molecule has 1 aromatic carbocycles. The number of nitro groups is 1. The Morgan fingerprint density at radius 3 is 2.21 bits per heavy atom. The third-order valence-corrected chi connectivity index (χ3v) is 5.55. The molecule has 2 fully saturated rings. The van der Waals surface area contributed by atoms with Gasteiger partial charge in [0.25, 0.3) is 5.69 Å². The predicted molar refractivity (Wildman–Crippen MR) is 105 cm³/mol. The number of likely N-dealkylation sites (tertiary alicyclic amines) is 1. The smallest absolute Gasteiger partial charge is 0.321 e. The van der Waals surface area contributed by atoms with Crippen molar-refractivity contribution >= 4 is 23.3 Å². The minimum Gasteiger partial charge on any atom is -0.340 e. The Kier molecular flexibility index (Phi) is 6.45. The monoisotopic (exact) mass is 389 g/mol. The summed E-state index contributed by atoms with van der Waals surface area (Å²) in [6.45, 7) is 4.66. The number of likely N-dealkylation sites (N-methyl/N-ethyl adjacent to an activating group) is 1. The Bertz CT molecular complexity index is 708. The van der Waals surface area contributed by atoms with Crippen molar-refractivity contribution in [1.29, 1.82) is 0 Å². The van der Waals surface area contributed by atoms with Crippen LogP contribution in [0.3, 0.4) is 0 Å². The fourth-order valence-electron chi connectivity index (χ4n) is 3.64. The average Bonchev–Trinajstić information content (AvgIpc) is 2.69. The summed E-state index contributed by atoms with van der Waals surface area (Å²) in [7, 11) is 2.07. The zero-order valence-electron chi connectivity index (χ0n) is 16.2. The molecule has 3 rings (SSSR count). The van der Waals surface area contributed by atoms with E-state index in [0.29, 0.717) is 31.1 Å². The number of carbonyl (C=O) groups excluding carboxylic acids is 2. The number of piperazine rings is 1. The second-order valence-electron chi connectivity index (χ2n) is 7.55. The lowest BCUT2D eigenvalue weighted by atomic mass is 9.93. The lowest BCUT2D eigenvalue weighted by Crippen LogP contribution is -2.48. The molecule has 9 nitrogen and oxygen atoms in total. The van der Waals surface area contributed by atoms with Gasteiger partial charge >= 0.3 is 6.03 Å². The number of rotatable bonds is 4. The number of urea groups is 1. The van der Waals surface area contributed by atoms with Crippen molar-refractivity contribution in [2.75, 3.05) is 51.6 Å². The van der Waals surface area contributed by atoms with Crippen LogP contribution in [0.2, 0.25) is 0 Å². The Labute approximate surface area is 164 Å². The van der Waals surface area contributed by atoms with E-state index in [-0.39, 0.29) is 17.6 Å². The van der Waals surface area contributed by atoms with Crippen LogP contribution >= 0.6 is 0 Å². The molecule has 2 heterocycles. The Morgan fingerprint density at radius 1 is 1.04 bits per heavy atom. The van der Waals surface area contributed by atoms with Crippen LogP contribution in [0, 0.1) is 16.0 Å². The van der Waals surface area contributed by atoms with E-state index >= 15 is 0 Å². The zero-order chi connectivity index (χ0) is 20.1. The lowest BCUT2D eigenvalue weighted by Gasteiger charge is -2.35. The van der Waals surface area contributed by atoms with E-state index in [1.165, 1.54) is 24.3 Å². The van der Waals surface area contributed by atoms with Crippen LogP contribution in [0.5, 0.6) is 0 Å². The van der Waals surface area contributed by atoms with E-state index in [9.17, 15) is 19.7 Å². The summed E-state index contributed by atoms with van der Waals surface area (Å²) in [5.41, 5.74) is 0.520. The molecule has 0 bridgehead atoms. The first-order valence-corrected chi connectivity index (χ1v) is 9.69. The predicted octanol–water partition coefficient (Wildman–Crippen LogP) is 2.00. The standard InChI is InChI=1S/C19H27N5O4/c1-21-10-12-22(13-11-21)18(25)14-15-6-8-23(9-7-15)19(26)20-16-2-4-17(5-3-16)24(27)28/h2-5,15H,6-14H2,1H3,(H,20,26). The lowest BCUT2D eigenvalue weighted by molar-refractivity contribution is -0.384. The molecule has 28 heavy (non-hydrogen) atoms. The first kappa shape index (κ1) is 20.1. The molecule has 1 N–H and O–H groups in total. The van der Waals surface area contributed by atoms with E-state index in [2.05, 4.69) is 17.3 Å². The molecular formula is C19H27N5O4. The molecule has 2 aliphatic rings. The number of amides is 3. The summed E-state index contributed by atoms with van der Waals surface area (Å²) in [4.78, 5) is 41.0. The molecule has 0 aromatic heterocycles. The van der Waals surface area contributed by atoms with Crippen molar-refractivity contribution in [3.63, 3.8) is 0 Å². The highest BCUT2D eigenvalue weighted by atomic mass is 16.6. The number of piperidine rings is 1. The Hall–Kier alpha value is -2.68. The van der Waals surface area contributed by atoms with Crippen molar-refractivity contribution in [3.05, 3.63) is 34.4 Å². The van der Waals surface area contributed by atoms with Crippen LogP contribution in [0.1, 0.15) is 19.3 Å². The van der Waals surface area contributed by atoms with Gasteiger partial charge in [-0.15, -0.1) is 0 Å². The second kappa shape index (κ2) is 9.01. The topological polar surface area (TPSA) is 99.0 Å². The highest BCUT2D eigenvalue weighted by molar-refractivity contribution is 5.89. The molecule has 2 saturated heterocycles. The normalized spacial score (nSPS) is 18.8. The molecule has 0 aliphatic carbocycles. The van der Waals surface area contributed by atoms with Gasteiger partial charge in [0.2, 0.25) is 5.91 Å². The number of benzene rings is 1. The molecular weight excluding hydrogens is 362 g/mol. The summed E-state index contributed by atoms with van der Waals surface area (Å²) in [5.74, 6) is 0.539. The van der Waals surface area contributed by atoms with E-state index in [1.807, 2.05) is 4.90 Å². The van der Waals surface area contributed by atoms with Gasteiger partial charge in [0.1, 0.15) is 0 Å². The number of nitrogens with one attached hydrogen (secondary N) is 1. The largest absolute Gasteiger partial charge is 0.340 e. The van der Waals surface area contributed by atoms with Crippen LogP contribution in [-0.2, 0) is 4.79 Å². The van der Waals surface area contributed by atoms with E-state index in [0.717, 1.165) is 39.0 Å². The minimum absolute atomic E-state index is 0.0103. The van der Waals surface area contributed by atoms with Crippen LogP contribution in [0.25, 0.3) is 0 Å². The third-order valence-electron chi connectivity index (χ3n) is 5.55. The first-order chi connectivity index (χ1) is 13.4. The Balaban J connectivity index is 1.42. The summed E-state index contributed by atoms with van der Waals surface area (Å²) >= 11 is 0. The number of carbonyl (C=O) groups is 2. The molecule has 9 heteroatoms. The van der Waals surface area contributed by atoms with E-state index in [1.54, 1.807) is 4.90 Å². The van der Waals surface area contributed by atoms with Gasteiger partial charge in [-0.2, -0.15) is 0 Å². The SMILES string of the molecule is CN1CCN(C(=O)CC2CCN(C(=O)Nc3ccc([N+](=O)[O-])cc3)CC2)CC1. The molecule has 2 aliphatic heterocycles. The number of non-ortho nitro benzene ring substituents is 1. The average molecular weight is 389 g/mol. The number of hydrogen-bond acceptors (Lipinski definition) is 5. The molecule has 0 atom stereocenters. The van der Waals surface area contributed by atoms with Crippen molar-refractivity contribution in [1.82, 2.24) is 14.7 Å². The molecule has 0 unspecified atom stereocenters. The highest BCUT2D eigenvalue weighted by Gasteiger charge is 2.27. The highest BCUT2D eigenvalue weighted by Crippen LogP contribution is 2.23. The molecule has 152 valence electrons. The van der Waals surface area contributed by atoms with Crippen LogP contribution in [-0.4, -0.2) is 77.9 Å². The summed E-state index contributed by atoms with van der Waals surface area (Å²) in [6.07, 6.45) is 2.18. The molecule has 0 radical (unpaired) electrons. The fraction of sp³-hybridized carbons (Fsp3) is 0.579. The summed E-state index contributed by atoms with van der Waals surface area (Å²) in [6, 6.07) is 5.57. The maximum atomic E-state index is 12.5. The Morgan fingerprint density at radius 2 is 1.64 bits per heavy atom. The fourth-order valence-corrected chi connectivity index (χ4v) is 3.64. The van der Waals surface area contributed by atoms with Crippen LogP contribution in [0.4, 0.5) is 16.2 Å². The van der Waals surface area contributed by atoms with Crippen molar-refractivity contribution in [2.24, 2.45) is 5.92 Å². The second-order valence-corrected chi connectivity index (χ2v) is 7.55. The number of anilines is 1.